The first-order valence-corrected chi connectivity index (χ1v) is 9.95. The van der Waals surface area contributed by atoms with E-state index in [4.69, 9.17) is 11.6 Å². The second-order valence-electron chi connectivity index (χ2n) is 6.56. The van der Waals surface area contributed by atoms with Gasteiger partial charge in [-0.2, -0.15) is 13.2 Å². The van der Waals surface area contributed by atoms with E-state index in [0.717, 1.165) is 12.1 Å². The second-order valence-corrected chi connectivity index (χ2v) is 7.82. The summed E-state index contributed by atoms with van der Waals surface area (Å²) in [5.74, 6) is -0.123. The molecule has 1 N–H and O–H groups in total. The first-order chi connectivity index (χ1) is 14.7. The van der Waals surface area contributed by atoms with Crippen molar-refractivity contribution < 1.29 is 22.7 Å². The molecule has 0 fully saturated rings. The van der Waals surface area contributed by atoms with Gasteiger partial charge in [0.15, 0.2) is 0 Å². The molecule has 2 aromatic carbocycles. The van der Waals surface area contributed by atoms with Gasteiger partial charge < -0.3 is 9.72 Å². The van der Waals surface area contributed by atoms with E-state index in [9.17, 15) is 18.0 Å². The van der Waals surface area contributed by atoms with E-state index < -0.39 is 17.7 Å². The quantitative estimate of drug-likeness (QED) is 0.319. The molecular formula is C21H12BrClF3N3O2. The molecule has 0 bridgehead atoms. The van der Waals surface area contributed by atoms with Crippen LogP contribution in [0.1, 0.15) is 15.9 Å². The van der Waals surface area contributed by atoms with Crippen molar-refractivity contribution in [3.63, 3.8) is 0 Å². The molecule has 0 spiro atoms. The molecule has 0 aliphatic rings. The number of fused-ring (bicyclic) bond motifs is 1. The van der Waals surface area contributed by atoms with Crippen LogP contribution >= 0.6 is 27.5 Å². The predicted molar refractivity (Wildman–Crippen MR) is 114 cm³/mol. The highest BCUT2D eigenvalue weighted by Gasteiger charge is 2.31. The number of hydrogen-bond acceptors (Lipinski definition) is 4. The van der Waals surface area contributed by atoms with Crippen molar-refractivity contribution in [2.45, 2.75) is 6.18 Å². The summed E-state index contributed by atoms with van der Waals surface area (Å²) in [6.07, 6.45) is -3.09. The standard InChI is InChI=1S/C21H12BrClF3N3O2/c1-31-20(30)12-6-15(23)17(27-9-12)10-2-4-11(5-3-10)19-28-16-8-13(21(24,25)26)7-14(22)18(16)29-19/h2-9H,1H3,(H,28,29). The second kappa shape index (κ2) is 7.97. The summed E-state index contributed by atoms with van der Waals surface area (Å²) in [5, 5.41) is 0.281. The molecule has 4 aromatic rings. The Kier molecular flexibility index (Phi) is 5.49. The number of ether oxygens (including phenoxy) is 1. The number of rotatable bonds is 3. The molecule has 2 heterocycles. The van der Waals surface area contributed by atoms with Gasteiger partial charge in [0.05, 0.1) is 34.5 Å². The maximum atomic E-state index is 13.1. The van der Waals surface area contributed by atoms with Crippen molar-refractivity contribution in [3.05, 3.63) is 69.3 Å². The lowest BCUT2D eigenvalue weighted by atomic mass is 10.1. The maximum absolute atomic E-state index is 13.1. The zero-order valence-electron chi connectivity index (χ0n) is 15.7. The fraction of sp³-hybridized carbons (Fsp3) is 0.0952. The summed E-state index contributed by atoms with van der Waals surface area (Å²) in [7, 11) is 1.27. The SMILES string of the molecule is COC(=O)c1cnc(-c2ccc(-c3nc4c(Br)cc(C(F)(F)F)cc4[nH]3)cc2)c(Cl)c1. The molecule has 4 rings (SSSR count). The lowest BCUT2D eigenvalue weighted by Gasteiger charge is -2.06. The number of methoxy groups -OCH3 is 1. The van der Waals surface area contributed by atoms with Crippen LogP contribution in [0.2, 0.25) is 5.02 Å². The number of aromatic amines is 1. The van der Waals surface area contributed by atoms with Crippen LogP contribution in [0.4, 0.5) is 13.2 Å². The minimum Gasteiger partial charge on any atom is -0.465 e. The van der Waals surface area contributed by atoms with Gasteiger partial charge in [0.25, 0.3) is 0 Å². The number of halogens is 5. The highest BCUT2D eigenvalue weighted by atomic mass is 79.9. The first-order valence-electron chi connectivity index (χ1n) is 8.78. The Balaban J connectivity index is 1.68. The van der Waals surface area contributed by atoms with E-state index in [1.807, 2.05) is 0 Å². The zero-order chi connectivity index (χ0) is 22.3. The van der Waals surface area contributed by atoms with Gasteiger partial charge in [-0.1, -0.05) is 35.9 Å². The van der Waals surface area contributed by atoms with Crippen molar-refractivity contribution in [2.24, 2.45) is 0 Å². The summed E-state index contributed by atoms with van der Waals surface area (Å²) in [5.41, 5.74) is 1.97. The van der Waals surface area contributed by atoms with Gasteiger partial charge in [0.2, 0.25) is 0 Å². The first kappa shape index (κ1) is 21.3. The fourth-order valence-corrected chi connectivity index (χ4v) is 3.87. The van der Waals surface area contributed by atoms with Crippen LogP contribution in [0.5, 0.6) is 0 Å². The summed E-state index contributed by atoms with van der Waals surface area (Å²) >= 11 is 9.42. The molecular weight excluding hydrogens is 499 g/mol. The maximum Gasteiger partial charge on any atom is 0.416 e. The number of carbonyl (C=O) groups is 1. The van der Waals surface area contributed by atoms with Crippen molar-refractivity contribution >= 4 is 44.5 Å². The van der Waals surface area contributed by atoms with Gasteiger partial charge in [-0.25, -0.2) is 9.78 Å². The monoisotopic (exact) mass is 509 g/mol. The van der Waals surface area contributed by atoms with Crippen LogP contribution in [0, 0.1) is 0 Å². The van der Waals surface area contributed by atoms with Crippen LogP contribution in [-0.4, -0.2) is 28.0 Å². The zero-order valence-corrected chi connectivity index (χ0v) is 18.1. The largest absolute Gasteiger partial charge is 0.465 e. The highest BCUT2D eigenvalue weighted by Crippen LogP contribution is 2.36. The van der Waals surface area contributed by atoms with E-state index in [-0.39, 0.29) is 20.6 Å². The van der Waals surface area contributed by atoms with Gasteiger partial charge in [-0.3, -0.25) is 4.98 Å². The molecule has 0 saturated heterocycles. The Bertz CT molecular complexity index is 1300. The molecule has 0 aliphatic carbocycles. The topological polar surface area (TPSA) is 67.9 Å². The smallest absolute Gasteiger partial charge is 0.416 e. The number of pyridine rings is 1. The van der Waals surface area contributed by atoms with Crippen LogP contribution in [-0.2, 0) is 10.9 Å². The summed E-state index contributed by atoms with van der Waals surface area (Å²) in [4.78, 5) is 23.2. The normalized spacial score (nSPS) is 11.7. The molecule has 0 saturated carbocycles. The summed E-state index contributed by atoms with van der Waals surface area (Å²) in [6, 6.07) is 10.5. The molecule has 2 aromatic heterocycles. The van der Waals surface area contributed by atoms with Crippen molar-refractivity contribution in [2.75, 3.05) is 7.11 Å². The summed E-state index contributed by atoms with van der Waals surface area (Å²) < 4.78 is 44.1. The Morgan fingerprint density at radius 3 is 2.42 bits per heavy atom. The van der Waals surface area contributed by atoms with Gasteiger partial charge in [-0.05, 0) is 34.1 Å². The van der Waals surface area contributed by atoms with Crippen LogP contribution in [0.3, 0.4) is 0 Å². The number of H-pyrrole nitrogens is 1. The molecule has 31 heavy (non-hydrogen) atoms. The third-order valence-electron chi connectivity index (χ3n) is 4.56. The fourth-order valence-electron chi connectivity index (χ4n) is 3.04. The van der Waals surface area contributed by atoms with Crippen LogP contribution < -0.4 is 0 Å². The Labute approximate surface area is 187 Å². The molecule has 0 atom stereocenters. The molecule has 10 heteroatoms. The third-order valence-corrected chi connectivity index (χ3v) is 5.45. The third kappa shape index (κ3) is 4.15. The van der Waals surface area contributed by atoms with Gasteiger partial charge in [0.1, 0.15) is 11.3 Å². The molecule has 0 radical (unpaired) electrons. The average molecular weight is 511 g/mol. The molecule has 0 aliphatic heterocycles. The molecule has 0 amide bonds. The van der Waals surface area contributed by atoms with Crippen LogP contribution in [0.25, 0.3) is 33.7 Å². The highest BCUT2D eigenvalue weighted by molar-refractivity contribution is 9.10. The number of benzene rings is 2. The molecule has 0 unspecified atom stereocenters. The van der Waals surface area contributed by atoms with E-state index in [0.29, 0.717) is 28.2 Å². The van der Waals surface area contributed by atoms with Gasteiger partial charge in [0, 0.05) is 21.8 Å². The van der Waals surface area contributed by atoms with Crippen molar-refractivity contribution in [1.29, 1.82) is 0 Å². The number of carbonyl (C=O) groups excluding carboxylic acids is 1. The minimum atomic E-state index is -4.46. The number of aromatic nitrogens is 3. The summed E-state index contributed by atoms with van der Waals surface area (Å²) in [6.45, 7) is 0. The Morgan fingerprint density at radius 2 is 1.81 bits per heavy atom. The molecule has 5 nitrogen and oxygen atoms in total. The lowest BCUT2D eigenvalue weighted by molar-refractivity contribution is -0.137. The number of nitrogens with one attached hydrogen (secondary N) is 1. The average Bonchev–Trinajstić information content (AvgIpc) is 3.17. The number of alkyl halides is 3. The Hall–Kier alpha value is -2.91. The Morgan fingerprint density at radius 1 is 1.13 bits per heavy atom. The van der Waals surface area contributed by atoms with E-state index >= 15 is 0 Å². The van der Waals surface area contributed by atoms with Crippen molar-refractivity contribution in [1.82, 2.24) is 15.0 Å². The number of imidazole rings is 1. The predicted octanol–water partition coefficient (Wildman–Crippen LogP) is 6.51. The van der Waals surface area contributed by atoms with Crippen molar-refractivity contribution in [3.8, 4) is 22.6 Å². The number of hydrogen-bond donors (Lipinski definition) is 1. The minimum absolute atomic E-state index is 0.235. The number of esters is 1. The van der Waals surface area contributed by atoms with E-state index in [1.165, 1.54) is 19.4 Å². The van der Waals surface area contributed by atoms with E-state index in [1.54, 1.807) is 24.3 Å². The lowest BCUT2D eigenvalue weighted by Crippen LogP contribution is -2.04. The number of nitrogens with zero attached hydrogens (tertiary/aromatic N) is 2. The molecule has 158 valence electrons. The van der Waals surface area contributed by atoms with E-state index in [2.05, 4.69) is 35.6 Å². The van der Waals surface area contributed by atoms with Crippen LogP contribution in [0.15, 0.2) is 53.1 Å². The van der Waals surface area contributed by atoms with Gasteiger partial charge in [-0.15, -0.1) is 0 Å². The van der Waals surface area contributed by atoms with Gasteiger partial charge >= 0.3 is 12.1 Å².